The van der Waals surface area contributed by atoms with Gasteiger partial charge in [-0.25, -0.2) is 0 Å². The number of hydrogen-bond acceptors (Lipinski definition) is 3. The molecule has 0 aromatic heterocycles. The molecule has 0 heterocycles. The van der Waals surface area contributed by atoms with Crippen LogP contribution in [0.5, 0.6) is 0 Å². The van der Waals surface area contributed by atoms with Crippen LogP contribution in [0, 0.1) is 5.41 Å². The molecule has 1 aromatic rings. The number of methoxy groups -OCH3 is 1. The Morgan fingerprint density at radius 1 is 1.17 bits per heavy atom. The molecule has 0 N–H and O–H groups in total. The average Bonchev–Trinajstić information content (AvgIpc) is 2.90. The van der Waals surface area contributed by atoms with Crippen LogP contribution >= 0.6 is 0 Å². The molecule has 3 nitrogen and oxygen atoms in total. The van der Waals surface area contributed by atoms with Gasteiger partial charge < -0.3 is 9.47 Å². The normalized spacial score (nSPS) is 34.2. The molecule has 0 aliphatic heterocycles. The number of carbonyl (C=O) groups is 1. The van der Waals surface area contributed by atoms with Crippen molar-refractivity contribution in [1.82, 2.24) is 0 Å². The highest BCUT2D eigenvalue weighted by Crippen LogP contribution is 2.57. The molecule has 1 saturated carbocycles. The molecular formula is C21H28O3. The molecule has 0 bridgehead atoms. The average molecular weight is 328 g/mol. The minimum atomic E-state index is -0.135. The van der Waals surface area contributed by atoms with Crippen molar-refractivity contribution in [3.63, 3.8) is 0 Å². The standard InChI is InChI=1S/C21H28O3/c1-13(22)24-20-9-8-19-18-6-4-14-12-15(23-3)5-7-16(14)17(18)10-11-21(19,20)2/h4,6,15,19-20H,5,7-12H2,1-3H3/t15?,19-,20?,21-/m0/s1. The molecule has 0 saturated heterocycles. The molecule has 0 spiro atoms. The van der Waals surface area contributed by atoms with Crippen LogP contribution in [-0.4, -0.2) is 25.3 Å². The minimum Gasteiger partial charge on any atom is -0.462 e. The SMILES string of the molecule is COC1CCc2c(ccc3c2CC[C@]2(C)C(OC(C)=O)CC[C@@H]32)C1. The molecule has 3 heteroatoms. The second-order valence-electron chi connectivity index (χ2n) is 8.11. The van der Waals surface area contributed by atoms with Crippen LogP contribution < -0.4 is 0 Å². The molecule has 1 fully saturated rings. The first-order valence-corrected chi connectivity index (χ1v) is 9.36. The van der Waals surface area contributed by atoms with Crippen molar-refractivity contribution in [2.24, 2.45) is 5.41 Å². The summed E-state index contributed by atoms with van der Waals surface area (Å²) in [5.74, 6) is 0.403. The van der Waals surface area contributed by atoms with E-state index in [2.05, 4.69) is 19.1 Å². The molecule has 3 aliphatic carbocycles. The summed E-state index contributed by atoms with van der Waals surface area (Å²) >= 11 is 0. The largest absolute Gasteiger partial charge is 0.462 e. The van der Waals surface area contributed by atoms with Crippen molar-refractivity contribution in [3.05, 3.63) is 34.4 Å². The van der Waals surface area contributed by atoms with Crippen LogP contribution in [0.3, 0.4) is 0 Å². The van der Waals surface area contributed by atoms with Gasteiger partial charge >= 0.3 is 5.97 Å². The quantitative estimate of drug-likeness (QED) is 0.771. The van der Waals surface area contributed by atoms with Crippen LogP contribution in [-0.2, 0) is 33.5 Å². The first-order valence-electron chi connectivity index (χ1n) is 9.36. The molecule has 0 amide bonds. The Labute approximate surface area is 144 Å². The van der Waals surface area contributed by atoms with E-state index in [9.17, 15) is 4.79 Å². The number of hydrogen-bond donors (Lipinski definition) is 0. The van der Waals surface area contributed by atoms with E-state index < -0.39 is 0 Å². The highest BCUT2D eigenvalue weighted by molar-refractivity contribution is 5.66. The van der Waals surface area contributed by atoms with E-state index in [1.807, 2.05) is 7.11 Å². The van der Waals surface area contributed by atoms with Gasteiger partial charge in [0.05, 0.1) is 6.10 Å². The van der Waals surface area contributed by atoms with Gasteiger partial charge in [0.25, 0.3) is 0 Å². The van der Waals surface area contributed by atoms with Crippen molar-refractivity contribution < 1.29 is 14.3 Å². The lowest BCUT2D eigenvalue weighted by Gasteiger charge is -2.42. The fraction of sp³-hybridized carbons (Fsp3) is 0.667. The number of esters is 1. The minimum absolute atomic E-state index is 0.0852. The van der Waals surface area contributed by atoms with E-state index in [4.69, 9.17) is 9.47 Å². The number of rotatable bonds is 2. The Kier molecular flexibility index (Phi) is 3.95. The molecule has 3 aliphatic rings. The lowest BCUT2D eigenvalue weighted by atomic mass is 9.64. The zero-order valence-electron chi connectivity index (χ0n) is 15.1. The van der Waals surface area contributed by atoms with Crippen LogP contribution in [0.15, 0.2) is 12.1 Å². The first-order chi connectivity index (χ1) is 11.5. The van der Waals surface area contributed by atoms with Gasteiger partial charge in [0, 0.05) is 19.4 Å². The van der Waals surface area contributed by atoms with E-state index in [1.54, 1.807) is 11.1 Å². The van der Waals surface area contributed by atoms with Crippen molar-refractivity contribution in [2.45, 2.75) is 76.9 Å². The first kappa shape index (κ1) is 16.1. The molecule has 1 aromatic carbocycles. The van der Waals surface area contributed by atoms with Gasteiger partial charge in [-0.05, 0) is 73.1 Å². The second kappa shape index (κ2) is 5.87. The molecule has 0 radical (unpaired) electrons. The number of ether oxygens (including phenoxy) is 2. The Morgan fingerprint density at radius 3 is 2.75 bits per heavy atom. The number of carbonyl (C=O) groups excluding carboxylic acids is 1. The molecule has 2 unspecified atom stereocenters. The van der Waals surface area contributed by atoms with E-state index >= 15 is 0 Å². The van der Waals surface area contributed by atoms with Crippen LogP contribution in [0.25, 0.3) is 0 Å². The van der Waals surface area contributed by atoms with Crippen LogP contribution in [0.4, 0.5) is 0 Å². The summed E-state index contributed by atoms with van der Waals surface area (Å²) in [5.41, 5.74) is 6.33. The fourth-order valence-electron chi connectivity index (χ4n) is 5.57. The van der Waals surface area contributed by atoms with E-state index in [0.29, 0.717) is 12.0 Å². The van der Waals surface area contributed by atoms with Gasteiger partial charge in [0.2, 0.25) is 0 Å². The predicted octanol–water partition coefficient (Wildman–Crippen LogP) is 3.95. The summed E-state index contributed by atoms with van der Waals surface area (Å²) in [5, 5.41) is 0. The predicted molar refractivity (Wildman–Crippen MR) is 93.2 cm³/mol. The van der Waals surface area contributed by atoms with E-state index in [-0.39, 0.29) is 17.5 Å². The highest BCUT2D eigenvalue weighted by atomic mass is 16.5. The molecule has 24 heavy (non-hydrogen) atoms. The third kappa shape index (κ3) is 2.40. The Balaban J connectivity index is 1.68. The fourth-order valence-corrected chi connectivity index (χ4v) is 5.57. The van der Waals surface area contributed by atoms with Gasteiger partial charge in [-0.3, -0.25) is 4.79 Å². The summed E-state index contributed by atoms with van der Waals surface area (Å²) in [6.45, 7) is 3.87. The van der Waals surface area contributed by atoms with Crippen LogP contribution in [0.1, 0.15) is 67.7 Å². The summed E-state index contributed by atoms with van der Waals surface area (Å²) < 4.78 is 11.3. The lowest BCUT2D eigenvalue weighted by molar-refractivity contribution is -0.152. The maximum absolute atomic E-state index is 11.5. The van der Waals surface area contributed by atoms with Crippen molar-refractivity contribution in [3.8, 4) is 0 Å². The third-order valence-electron chi connectivity index (χ3n) is 6.91. The number of fused-ring (bicyclic) bond motifs is 5. The Morgan fingerprint density at radius 2 is 2.00 bits per heavy atom. The maximum atomic E-state index is 11.5. The third-order valence-corrected chi connectivity index (χ3v) is 6.91. The molecule has 130 valence electrons. The van der Waals surface area contributed by atoms with Gasteiger partial charge in [0.1, 0.15) is 6.10 Å². The summed E-state index contributed by atoms with van der Waals surface area (Å²) in [6.07, 6.45) is 8.20. The van der Waals surface area contributed by atoms with E-state index in [0.717, 1.165) is 44.9 Å². The maximum Gasteiger partial charge on any atom is 0.302 e. The summed E-state index contributed by atoms with van der Waals surface area (Å²) in [4.78, 5) is 11.5. The van der Waals surface area contributed by atoms with Gasteiger partial charge in [-0.2, -0.15) is 0 Å². The Hall–Kier alpha value is -1.35. The molecule has 4 rings (SSSR count). The van der Waals surface area contributed by atoms with Gasteiger partial charge in [-0.15, -0.1) is 0 Å². The zero-order chi connectivity index (χ0) is 16.9. The lowest BCUT2D eigenvalue weighted by Crippen LogP contribution is -2.38. The van der Waals surface area contributed by atoms with Crippen molar-refractivity contribution in [1.29, 1.82) is 0 Å². The highest BCUT2D eigenvalue weighted by Gasteiger charge is 2.51. The second-order valence-corrected chi connectivity index (χ2v) is 8.11. The van der Waals surface area contributed by atoms with E-state index in [1.165, 1.54) is 18.1 Å². The van der Waals surface area contributed by atoms with Gasteiger partial charge in [-0.1, -0.05) is 19.1 Å². The van der Waals surface area contributed by atoms with Crippen LogP contribution in [0.2, 0.25) is 0 Å². The summed E-state index contributed by atoms with van der Waals surface area (Å²) in [7, 11) is 1.83. The topological polar surface area (TPSA) is 35.5 Å². The number of benzene rings is 1. The Bertz CT molecular complexity index is 665. The smallest absolute Gasteiger partial charge is 0.302 e. The van der Waals surface area contributed by atoms with Crippen molar-refractivity contribution >= 4 is 5.97 Å². The zero-order valence-corrected chi connectivity index (χ0v) is 15.1. The summed E-state index contributed by atoms with van der Waals surface area (Å²) in [6, 6.07) is 4.70. The monoisotopic (exact) mass is 328 g/mol. The molecular weight excluding hydrogens is 300 g/mol. The van der Waals surface area contributed by atoms with Gasteiger partial charge in [0.15, 0.2) is 0 Å². The van der Waals surface area contributed by atoms with Crippen molar-refractivity contribution in [2.75, 3.05) is 7.11 Å². The molecule has 4 atom stereocenters.